The standard InChI is InChI=1S/C27H38N3O5.3CH3.Sn/c1-9-15-29(16-10-2)23(31)20-17-19-13-11-12-14-21(19)28-22(18-20)30(24(32)34-26(3,4)5)25(33)35-27(6,7)8;;;;/h11,13-14,17H,9-10,15-16,18H2,1-8H3;3*1H3;. The maximum atomic E-state index is 13.8. The number of carbonyl (C=O) groups is 3. The van der Waals surface area contributed by atoms with E-state index in [2.05, 4.69) is 20.9 Å². The summed E-state index contributed by atoms with van der Waals surface area (Å²) in [7, 11) is 0. The van der Waals surface area contributed by atoms with Gasteiger partial charge in [0.15, 0.2) is 0 Å². The minimum absolute atomic E-state index is 0.0238. The van der Waals surface area contributed by atoms with Crippen molar-refractivity contribution in [3.8, 4) is 0 Å². The van der Waals surface area contributed by atoms with Crippen molar-refractivity contribution in [2.45, 2.75) is 101 Å². The van der Waals surface area contributed by atoms with E-state index in [4.69, 9.17) is 14.5 Å². The average Bonchev–Trinajstić information content (AvgIpc) is 2.94. The number of benzene rings is 1. The third kappa shape index (κ3) is 9.65. The van der Waals surface area contributed by atoms with E-state index in [0.717, 1.165) is 23.3 Å². The molecule has 8 nitrogen and oxygen atoms in total. The van der Waals surface area contributed by atoms with E-state index < -0.39 is 41.8 Å². The Labute approximate surface area is 238 Å². The third-order valence-electron chi connectivity index (χ3n) is 5.78. The predicted octanol–water partition coefficient (Wildman–Crippen LogP) is 6.87. The number of hydrogen-bond donors (Lipinski definition) is 0. The SMILES string of the molecule is CCCN(CCC)C(=O)C1=Cc2cc[c]([Sn]([CH3])([CH3])[CH3])cc2N=C(N(C(=O)OC(C)(C)C)C(=O)OC(C)(C)C)C1. The van der Waals surface area contributed by atoms with Gasteiger partial charge >= 0.3 is 239 Å². The molecule has 0 aromatic heterocycles. The molecule has 1 heterocycles. The number of carbonyl (C=O) groups excluding carboxylic acids is 3. The van der Waals surface area contributed by atoms with Gasteiger partial charge < -0.3 is 0 Å². The number of aliphatic imine (C=N–C) groups is 1. The van der Waals surface area contributed by atoms with Gasteiger partial charge in [0, 0.05) is 0 Å². The topological polar surface area (TPSA) is 88.5 Å². The molecule has 0 saturated heterocycles. The molecule has 0 radical (unpaired) electrons. The van der Waals surface area contributed by atoms with Crippen LogP contribution < -0.4 is 3.58 Å². The summed E-state index contributed by atoms with van der Waals surface area (Å²) in [5, 5.41) is 0. The molecule has 0 bridgehead atoms. The van der Waals surface area contributed by atoms with Gasteiger partial charge in [0.25, 0.3) is 0 Å². The zero-order valence-corrected chi connectivity index (χ0v) is 28.6. The molecule has 0 N–H and O–H groups in total. The number of rotatable bonds is 6. The second-order valence-corrected chi connectivity index (χ2v) is 27.5. The quantitative estimate of drug-likeness (QED) is 0.315. The van der Waals surface area contributed by atoms with E-state index >= 15 is 0 Å². The fourth-order valence-electron chi connectivity index (χ4n) is 4.04. The van der Waals surface area contributed by atoms with Gasteiger partial charge in [-0.05, 0) is 0 Å². The molecule has 0 fully saturated rings. The van der Waals surface area contributed by atoms with Crippen LogP contribution in [-0.2, 0) is 14.3 Å². The Balaban J connectivity index is 2.77. The van der Waals surface area contributed by atoms with Crippen LogP contribution in [0.1, 0.15) is 80.2 Å². The number of ether oxygens (including phenoxy) is 2. The third-order valence-corrected chi connectivity index (χ3v) is 11.6. The first-order valence-corrected chi connectivity index (χ1v) is 23.8. The molecule has 1 aromatic carbocycles. The van der Waals surface area contributed by atoms with Crippen LogP contribution in [0.5, 0.6) is 0 Å². The molecule has 1 aliphatic rings. The number of amidine groups is 1. The molecule has 216 valence electrons. The van der Waals surface area contributed by atoms with Crippen LogP contribution in [0.3, 0.4) is 0 Å². The molecule has 9 heteroatoms. The first kappa shape index (κ1) is 32.8. The van der Waals surface area contributed by atoms with Crippen LogP contribution in [0.2, 0.25) is 14.8 Å². The monoisotopic (exact) mass is 649 g/mol. The molecular weight excluding hydrogens is 601 g/mol. The van der Waals surface area contributed by atoms with Gasteiger partial charge in [-0.2, -0.15) is 0 Å². The van der Waals surface area contributed by atoms with Crippen LogP contribution in [-0.4, -0.2) is 76.4 Å². The summed E-state index contributed by atoms with van der Waals surface area (Å²) < 4.78 is 12.5. The van der Waals surface area contributed by atoms with E-state index in [0.29, 0.717) is 24.4 Å². The maximum absolute atomic E-state index is 13.8. The van der Waals surface area contributed by atoms with Crippen LogP contribution in [0, 0.1) is 0 Å². The first-order chi connectivity index (χ1) is 17.9. The van der Waals surface area contributed by atoms with Crippen LogP contribution in [0.4, 0.5) is 15.3 Å². The number of imide groups is 1. The van der Waals surface area contributed by atoms with E-state index in [-0.39, 0.29) is 18.2 Å². The second kappa shape index (κ2) is 12.9. The van der Waals surface area contributed by atoms with Gasteiger partial charge in [0.1, 0.15) is 0 Å². The number of hydrogen-bond acceptors (Lipinski definition) is 6. The summed E-state index contributed by atoms with van der Waals surface area (Å²) in [5.41, 5.74) is 0.128. The van der Waals surface area contributed by atoms with E-state index in [1.165, 1.54) is 3.58 Å². The summed E-state index contributed by atoms with van der Waals surface area (Å²) in [6.45, 7) is 15.7. The first-order valence-electron chi connectivity index (χ1n) is 13.8. The molecule has 1 aromatic rings. The fourth-order valence-corrected chi connectivity index (χ4v) is 7.33. The Hall–Kier alpha value is -2.36. The van der Waals surface area contributed by atoms with Gasteiger partial charge in [-0.3, -0.25) is 0 Å². The zero-order chi connectivity index (χ0) is 29.8. The fraction of sp³-hybridized carbons (Fsp3) is 0.600. The second-order valence-electron chi connectivity index (χ2n) is 13.0. The van der Waals surface area contributed by atoms with Crippen molar-refractivity contribution in [3.63, 3.8) is 0 Å². The predicted molar refractivity (Wildman–Crippen MR) is 161 cm³/mol. The molecule has 0 atom stereocenters. The Morgan fingerprint density at radius 3 is 1.85 bits per heavy atom. The molecule has 0 saturated carbocycles. The van der Waals surface area contributed by atoms with Crippen molar-refractivity contribution in [1.82, 2.24) is 9.80 Å². The van der Waals surface area contributed by atoms with E-state index in [9.17, 15) is 14.4 Å². The summed E-state index contributed by atoms with van der Waals surface area (Å²) >= 11 is -2.50. The van der Waals surface area contributed by atoms with Crippen molar-refractivity contribution < 1.29 is 23.9 Å². The summed E-state index contributed by atoms with van der Waals surface area (Å²) in [4.78, 5) is 55.2. The normalized spacial score (nSPS) is 13.9. The van der Waals surface area contributed by atoms with Gasteiger partial charge in [-0.15, -0.1) is 0 Å². The Morgan fingerprint density at radius 2 is 1.41 bits per heavy atom. The summed E-state index contributed by atoms with van der Waals surface area (Å²) in [6.07, 6.45) is 1.67. The minimum atomic E-state index is -2.50. The average molecular weight is 648 g/mol. The van der Waals surface area contributed by atoms with Crippen molar-refractivity contribution in [1.29, 1.82) is 0 Å². The Morgan fingerprint density at radius 1 is 0.897 bits per heavy atom. The number of fused-ring (bicyclic) bond motifs is 1. The summed E-state index contributed by atoms with van der Waals surface area (Å²) in [5.74, 6) is -0.0299. The van der Waals surface area contributed by atoms with Gasteiger partial charge in [-0.1, -0.05) is 0 Å². The zero-order valence-electron chi connectivity index (χ0n) is 25.7. The van der Waals surface area contributed by atoms with Gasteiger partial charge in [-0.25, -0.2) is 0 Å². The molecule has 0 spiro atoms. The molecule has 0 unspecified atom stereocenters. The molecule has 3 amide bonds. The molecule has 1 aliphatic heterocycles. The Kier molecular flexibility index (Phi) is 10.8. The van der Waals surface area contributed by atoms with Gasteiger partial charge in [0.05, 0.1) is 0 Å². The molecule has 39 heavy (non-hydrogen) atoms. The van der Waals surface area contributed by atoms with Crippen molar-refractivity contribution in [2.24, 2.45) is 4.99 Å². The molecular formula is C30H47N3O5Sn. The van der Waals surface area contributed by atoms with Crippen LogP contribution >= 0.6 is 0 Å². The van der Waals surface area contributed by atoms with E-state index in [1.807, 2.05) is 37.0 Å². The number of nitrogens with zero attached hydrogens (tertiary/aromatic N) is 3. The van der Waals surface area contributed by atoms with E-state index in [1.54, 1.807) is 41.5 Å². The van der Waals surface area contributed by atoms with Crippen molar-refractivity contribution >= 4 is 57.6 Å². The van der Waals surface area contributed by atoms with Crippen molar-refractivity contribution in [2.75, 3.05) is 13.1 Å². The molecule has 0 aliphatic carbocycles. The van der Waals surface area contributed by atoms with Crippen molar-refractivity contribution in [3.05, 3.63) is 29.3 Å². The Bertz CT molecular complexity index is 1100. The number of amides is 3. The van der Waals surface area contributed by atoms with Gasteiger partial charge in [0.2, 0.25) is 0 Å². The molecule has 2 rings (SSSR count). The van der Waals surface area contributed by atoms with Crippen LogP contribution in [0.25, 0.3) is 6.08 Å². The summed E-state index contributed by atoms with van der Waals surface area (Å²) in [6, 6.07) is 6.14. The van der Waals surface area contributed by atoms with Crippen LogP contribution in [0.15, 0.2) is 28.8 Å².